The average molecular weight is 268 g/mol. The fourth-order valence-electron chi connectivity index (χ4n) is 1.49. The molecule has 5 nitrogen and oxygen atoms in total. The lowest BCUT2D eigenvalue weighted by Crippen LogP contribution is -2.08. The predicted molar refractivity (Wildman–Crippen MR) is 66.1 cm³/mol. The first-order valence-corrected chi connectivity index (χ1v) is 7.62. The third kappa shape index (κ3) is 15.8. The minimum absolute atomic E-state index is 0.407. The van der Waals surface area contributed by atoms with E-state index in [-0.39, 0.29) is 0 Å². The van der Waals surface area contributed by atoms with Gasteiger partial charge in [0, 0.05) is 6.61 Å². The Hall–Kier alpha value is -0.170. The SMILES string of the molecule is CCCCCCCCCCOCOS(=O)(=O)O. The number of rotatable bonds is 12. The molecule has 0 amide bonds. The molecule has 1 N–H and O–H groups in total. The summed E-state index contributed by atoms with van der Waals surface area (Å²) in [4.78, 5) is 0. The highest BCUT2D eigenvalue weighted by Gasteiger charge is 2.02. The van der Waals surface area contributed by atoms with Crippen LogP contribution < -0.4 is 0 Å². The van der Waals surface area contributed by atoms with Gasteiger partial charge in [0.15, 0.2) is 6.79 Å². The van der Waals surface area contributed by atoms with Crippen LogP contribution in [0.2, 0.25) is 0 Å². The van der Waals surface area contributed by atoms with Crippen LogP contribution in [0, 0.1) is 0 Å². The fourth-order valence-corrected chi connectivity index (χ4v) is 1.68. The van der Waals surface area contributed by atoms with Crippen molar-refractivity contribution in [1.82, 2.24) is 0 Å². The second-order valence-corrected chi connectivity index (χ2v) is 5.14. The van der Waals surface area contributed by atoms with Crippen LogP contribution in [0.5, 0.6) is 0 Å². The summed E-state index contributed by atoms with van der Waals surface area (Å²) < 4.78 is 37.4. The molecule has 0 aliphatic rings. The van der Waals surface area contributed by atoms with Crippen molar-refractivity contribution >= 4 is 10.4 Å². The Morgan fingerprint density at radius 2 is 1.47 bits per heavy atom. The van der Waals surface area contributed by atoms with Gasteiger partial charge in [0.05, 0.1) is 0 Å². The highest BCUT2D eigenvalue weighted by atomic mass is 32.3. The van der Waals surface area contributed by atoms with E-state index in [0.29, 0.717) is 6.61 Å². The summed E-state index contributed by atoms with van der Waals surface area (Å²) in [6.45, 7) is 2.26. The van der Waals surface area contributed by atoms with Crippen LogP contribution in [0.15, 0.2) is 0 Å². The molecule has 0 aromatic carbocycles. The van der Waals surface area contributed by atoms with Gasteiger partial charge in [-0.05, 0) is 6.42 Å². The first-order valence-electron chi connectivity index (χ1n) is 6.26. The van der Waals surface area contributed by atoms with Gasteiger partial charge >= 0.3 is 10.4 Å². The summed E-state index contributed by atoms with van der Waals surface area (Å²) in [6.07, 6.45) is 9.60. The molecule has 0 heterocycles. The Bertz CT molecular complexity index is 251. The molecule has 0 aliphatic heterocycles. The molecule has 0 aromatic rings. The molecular formula is C11H24O5S. The third-order valence-electron chi connectivity index (χ3n) is 2.42. The molecule has 6 heteroatoms. The summed E-state index contributed by atoms with van der Waals surface area (Å²) in [5.41, 5.74) is 0. The lowest BCUT2D eigenvalue weighted by atomic mass is 10.1. The second kappa shape index (κ2) is 11.0. The van der Waals surface area contributed by atoms with E-state index in [1.807, 2.05) is 0 Å². The van der Waals surface area contributed by atoms with Crippen LogP contribution in [-0.2, 0) is 19.3 Å². The van der Waals surface area contributed by atoms with Crippen LogP contribution in [0.25, 0.3) is 0 Å². The Balaban J connectivity index is 3.04. The van der Waals surface area contributed by atoms with Crippen molar-refractivity contribution in [2.45, 2.75) is 58.3 Å². The summed E-state index contributed by atoms with van der Waals surface area (Å²) in [5.74, 6) is 0. The van der Waals surface area contributed by atoms with Gasteiger partial charge in [-0.2, -0.15) is 8.42 Å². The van der Waals surface area contributed by atoms with Crippen LogP contribution in [0.4, 0.5) is 0 Å². The molecule has 0 aromatic heterocycles. The van der Waals surface area contributed by atoms with Gasteiger partial charge in [-0.3, -0.25) is 4.55 Å². The first-order chi connectivity index (χ1) is 8.06. The number of unbranched alkanes of at least 4 members (excludes halogenated alkanes) is 7. The van der Waals surface area contributed by atoms with Crippen molar-refractivity contribution in [3.05, 3.63) is 0 Å². The van der Waals surface area contributed by atoms with Gasteiger partial charge in [0.25, 0.3) is 0 Å². The van der Waals surface area contributed by atoms with Gasteiger partial charge < -0.3 is 4.74 Å². The molecule has 0 atom stereocenters. The van der Waals surface area contributed by atoms with E-state index in [9.17, 15) is 8.42 Å². The Morgan fingerprint density at radius 3 is 2.00 bits per heavy atom. The molecule has 0 spiro atoms. The Labute approximate surface area is 104 Å². The van der Waals surface area contributed by atoms with Crippen molar-refractivity contribution in [3.63, 3.8) is 0 Å². The number of hydrogen-bond donors (Lipinski definition) is 1. The summed E-state index contributed by atoms with van der Waals surface area (Å²) >= 11 is 0. The van der Waals surface area contributed by atoms with Crippen molar-refractivity contribution in [3.8, 4) is 0 Å². The van der Waals surface area contributed by atoms with E-state index in [4.69, 9.17) is 9.29 Å². The zero-order valence-corrected chi connectivity index (χ0v) is 11.4. The number of hydrogen-bond acceptors (Lipinski definition) is 4. The molecule has 0 saturated heterocycles. The van der Waals surface area contributed by atoms with Gasteiger partial charge in [0.2, 0.25) is 0 Å². The second-order valence-electron chi connectivity index (χ2n) is 4.05. The van der Waals surface area contributed by atoms with Crippen LogP contribution in [0.1, 0.15) is 58.3 Å². The molecule has 0 radical (unpaired) electrons. The molecular weight excluding hydrogens is 244 g/mol. The maximum absolute atomic E-state index is 10.1. The van der Waals surface area contributed by atoms with E-state index in [1.165, 1.54) is 38.5 Å². The summed E-state index contributed by atoms with van der Waals surface area (Å²) in [5, 5.41) is 0. The standard InChI is InChI=1S/C11H24O5S/c1-2-3-4-5-6-7-8-9-10-15-11-16-17(12,13)14/h2-11H2,1H3,(H,12,13,14). The predicted octanol–water partition coefficient (Wildman–Crippen LogP) is 2.92. The highest BCUT2D eigenvalue weighted by molar-refractivity contribution is 7.80. The highest BCUT2D eigenvalue weighted by Crippen LogP contribution is 2.08. The van der Waals surface area contributed by atoms with E-state index < -0.39 is 17.2 Å². The van der Waals surface area contributed by atoms with Crippen LogP contribution in [-0.4, -0.2) is 26.4 Å². The van der Waals surface area contributed by atoms with E-state index in [0.717, 1.165) is 12.8 Å². The molecule has 17 heavy (non-hydrogen) atoms. The smallest absolute Gasteiger partial charge is 0.354 e. The zero-order valence-electron chi connectivity index (χ0n) is 10.6. The zero-order chi connectivity index (χ0) is 13.0. The van der Waals surface area contributed by atoms with Gasteiger partial charge in [0.1, 0.15) is 0 Å². The third-order valence-corrected chi connectivity index (χ3v) is 2.82. The van der Waals surface area contributed by atoms with Crippen LogP contribution in [0.3, 0.4) is 0 Å². The lowest BCUT2D eigenvalue weighted by molar-refractivity contribution is 0.0111. The fraction of sp³-hybridized carbons (Fsp3) is 1.00. The van der Waals surface area contributed by atoms with Crippen molar-refractivity contribution in [2.24, 2.45) is 0 Å². The molecule has 0 fully saturated rings. The maximum atomic E-state index is 10.1. The Morgan fingerprint density at radius 1 is 0.941 bits per heavy atom. The van der Waals surface area contributed by atoms with E-state index >= 15 is 0 Å². The monoisotopic (exact) mass is 268 g/mol. The molecule has 0 aliphatic carbocycles. The Kier molecular flexibility index (Phi) is 10.8. The van der Waals surface area contributed by atoms with Gasteiger partial charge in [-0.1, -0.05) is 51.9 Å². The quantitative estimate of drug-likeness (QED) is 0.335. The van der Waals surface area contributed by atoms with Crippen molar-refractivity contribution in [2.75, 3.05) is 13.4 Å². The maximum Gasteiger partial charge on any atom is 0.399 e. The van der Waals surface area contributed by atoms with Crippen molar-refractivity contribution in [1.29, 1.82) is 0 Å². The van der Waals surface area contributed by atoms with Gasteiger partial charge in [-0.25, -0.2) is 4.18 Å². The first kappa shape index (κ1) is 16.8. The minimum Gasteiger partial charge on any atom is -0.354 e. The average Bonchev–Trinajstić information content (AvgIpc) is 2.24. The topological polar surface area (TPSA) is 72.8 Å². The molecule has 0 rings (SSSR count). The normalized spacial score (nSPS) is 11.9. The van der Waals surface area contributed by atoms with E-state index in [2.05, 4.69) is 11.1 Å². The number of ether oxygens (including phenoxy) is 1. The van der Waals surface area contributed by atoms with E-state index in [1.54, 1.807) is 0 Å². The largest absolute Gasteiger partial charge is 0.399 e. The van der Waals surface area contributed by atoms with Crippen LogP contribution >= 0.6 is 0 Å². The molecule has 0 saturated carbocycles. The summed E-state index contributed by atoms with van der Waals surface area (Å²) in [6, 6.07) is 0. The minimum atomic E-state index is -4.36. The van der Waals surface area contributed by atoms with Gasteiger partial charge in [-0.15, -0.1) is 0 Å². The molecule has 0 unspecified atom stereocenters. The summed E-state index contributed by atoms with van der Waals surface area (Å²) in [7, 11) is -4.36. The molecule has 0 bridgehead atoms. The lowest BCUT2D eigenvalue weighted by Gasteiger charge is -2.03. The molecule has 104 valence electrons. The van der Waals surface area contributed by atoms with Crippen molar-refractivity contribution < 1.29 is 21.9 Å².